The van der Waals surface area contributed by atoms with Gasteiger partial charge in [0.25, 0.3) is 0 Å². The number of amides is 2. The first-order valence-electron chi connectivity index (χ1n) is 8.64. The fraction of sp³-hybridized carbons (Fsp3) is 0.222. The van der Waals surface area contributed by atoms with E-state index in [1.807, 2.05) is 10.0 Å². The predicted molar refractivity (Wildman–Crippen MR) is 102 cm³/mol. The van der Waals surface area contributed by atoms with E-state index in [0.717, 1.165) is 0 Å². The Morgan fingerprint density at radius 3 is 1.25 bits per heavy atom. The lowest BCUT2D eigenvalue weighted by atomic mass is 10.2. The second-order valence-electron chi connectivity index (χ2n) is 6.11. The van der Waals surface area contributed by atoms with Crippen molar-refractivity contribution in [1.82, 2.24) is 10.0 Å². The average Bonchev–Trinajstić information content (AvgIpc) is 2.72. The van der Waals surface area contributed by atoms with E-state index >= 15 is 0 Å². The third kappa shape index (κ3) is 5.10. The first-order valence-corrected chi connectivity index (χ1v) is 8.64. The number of piperazine rings is 1. The molecule has 0 aromatic heterocycles. The highest BCUT2D eigenvalue weighted by Gasteiger charge is 2.14. The molecular formula is C18H20N8O2. The second kappa shape index (κ2) is 8.71. The summed E-state index contributed by atoms with van der Waals surface area (Å²) in [6.07, 6.45) is 0. The maximum atomic E-state index is 11.1. The number of carbonyl (C=O) groups excluding carboxylic acids is 2. The van der Waals surface area contributed by atoms with Crippen LogP contribution in [0, 0.1) is 0 Å². The van der Waals surface area contributed by atoms with Gasteiger partial charge in [0, 0.05) is 11.1 Å². The third-order valence-corrected chi connectivity index (χ3v) is 4.11. The zero-order valence-electron chi connectivity index (χ0n) is 15.1. The Hall–Kier alpha value is -3.82. The smallest absolute Gasteiger partial charge is 0.248 e. The Labute approximate surface area is 161 Å². The minimum Gasteiger partial charge on any atom is -0.366 e. The molecule has 2 aromatic carbocycles. The van der Waals surface area contributed by atoms with Gasteiger partial charge in [-0.15, -0.1) is 10.2 Å². The second-order valence-corrected chi connectivity index (χ2v) is 6.11. The zero-order valence-corrected chi connectivity index (χ0v) is 15.1. The molecule has 28 heavy (non-hydrogen) atoms. The van der Waals surface area contributed by atoms with Gasteiger partial charge in [0.05, 0.1) is 37.6 Å². The maximum absolute atomic E-state index is 11.1. The van der Waals surface area contributed by atoms with Crippen LogP contribution in [-0.2, 0) is 0 Å². The molecule has 0 bridgehead atoms. The van der Waals surface area contributed by atoms with E-state index in [2.05, 4.69) is 20.7 Å². The molecule has 144 valence electrons. The van der Waals surface area contributed by atoms with Crippen molar-refractivity contribution < 1.29 is 9.59 Å². The molecule has 1 aliphatic rings. The van der Waals surface area contributed by atoms with Gasteiger partial charge in [0.15, 0.2) is 0 Å². The van der Waals surface area contributed by atoms with Crippen LogP contribution in [0.3, 0.4) is 0 Å². The lowest BCUT2D eigenvalue weighted by Crippen LogP contribution is -2.40. The molecule has 4 N–H and O–H groups in total. The Kier molecular flexibility index (Phi) is 5.90. The van der Waals surface area contributed by atoms with Crippen molar-refractivity contribution in [3.05, 3.63) is 59.7 Å². The Morgan fingerprint density at radius 2 is 0.964 bits per heavy atom. The van der Waals surface area contributed by atoms with Gasteiger partial charge >= 0.3 is 0 Å². The summed E-state index contributed by atoms with van der Waals surface area (Å²) in [5, 5.41) is 20.4. The Morgan fingerprint density at radius 1 is 0.643 bits per heavy atom. The van der Waals surface area contributed by atoms with E-state index in [-0.39, 0.29) is 0 Å². The summed E-state index contributed by atoms with van der Waals surface area (Å²) in [5.41, 5.74) is 12.6. The summed E-state index contributed by atoms with van der Waals surface area (Å²) in [5.74, 6) is -0.949. The summed E-state index contributed by atoms with van der Waals surface area (Å²) in [7, 11) is 0. The predicted octanol–water partition coefficient (Wildman–Crippen LogP) is 2.20. The topological polar surface area (TPSA) is 142 Å². The summed E-state index contributed by atoms with van der Waals surface area (Å²) < 4.78 is 0. The van der Waals surface area contributed by atoms with Crippen molar-refractivity contribution in [3.8, 4) is 0 Å². The average molecular weight is 380 g/mol. The molecule has 0 atom stereocenters. The van der Waals surface area contributed by atoms with Crippen LogP contribution >= 0.6 is 0 Å². The van der Waals surface area contributed by atoms with Gasteiger partial charge in [-0.25, -0.2) is 0 Å². The molecule has 2 amide bonds. The van der Waals surface area contributed by atoms with Crippen LogP contribution in [0.5, 0.6) is 0 Å². The molecule has 1 saturated heterocycles. The molecule has 10 heteroatoms. The molecule has 10 nitrogen and oxygen atoms in total. The molecule has 0 saturated carbocycles. The molecule has 0 aliphatic carbocycles. The molecule has 3 rings (SSSR count). The highest BCUT2D eigenvalue weighted by Crippen LogP contribution is 2.16. The van der Waals surface area contributed by atoms with E-state index in [0.29, 0.717) is 48.7 Å². The fourth-order valence-electron chi connectivity index (χ4n) is 2.48. The highest BCUT2D eigenvalue weighted by molar-refractivity contribution is 5.93. The van der Waals surface area contributed by atoms with Crippen LogP contribution in [0.15, 0.2) is 69.2 Å². The summed E-state index contributed by atoms with van der Waals surface area (Å²) in [6, 6.07) is 13.2. The first-order chi connectivity index (χ1) is 13.5. The largest absolute Gasteiger partial charge is 0.366 e. The van der Waals surface area contributed by atoms with Gasteiger partial charge in [-0.05, 0) is 48.5 Å². The van der Waals surface area contributed by atoms with E-state index in [1.54, 1.807) is 48.5 Å². The van der Waals surface area contributed by atoms with Gasteiger partial charge in [0.2, 0.25) is 11.8 Å². The van der Waals surface area contributed by atoms with E-state index in [1.165, 1.54) is 0 Å². The SMILES string of the molecule is NC(=O)c1ccc(N=NN2CCN(N=Nc3ccc(C(N)=O)cc3)CC2)cc1. The van der Waals surface area contributed by atoms with Gasteiger partial charge in [-0.2, -0.15) is 0 Å². The standard InChI is InChI=1S/C18H20N8O2/c19-17(27)13-1-5-15(6-2-13)21-23-25-9-11-26(12-10-25)24-22-16-7-3-14(4-8-16)18(20)28/h1-8H,9-12H2,(H2,19,27)(H2,20,28). The van der Waals surface area contributed by atoms with Gasteiger partial charge in [0.1, 0.15) is 0 Å². The van der Waals surface area contributed by atoms with Gasteiger partial charge in [-0.3, -0.25) is 19.6 Å². The minimum atomic E-state index is -0.474. The number of carbonyl (C=O) groups is 2. The van der Waals surface area contributed by atoms with Crippen LogP contribution in [0.4, 0.5) is 11.4 Å². The quantitative estimate of drug-likeness (QED) is 0.741. The highest BCUT2D eigenvalue weighted by atomic mass is 16.1. The maximum Gasteiger partial charge on any atom is 0.248 e. The molecule has 1 heterocycles. The monoisotopic (exact) mass is 380 g/mol. The van der Waals surface area contributed by atoms with Gasteiger partial charge < -0.3 is 11.5 Å². The molecule has 1 aliphatic heterocycles. The number of primary amides is 2. The van der Waals surface area contributed by atoms with Crippen molar-refractivity contribution >= 4 is 23.2 Å². The van der Waals surface area contributed by atoms with E-state index in [4.69, 9.17) is 11.5 Å². The number of nitrogens with zero attached hydrogens (tertiary/aromatic N) is 6. The van der Waals surface area contributed by atoms with Gasteiger partial charge in [-0.1, -0.05) is 10.4 Å². The van der Waals surface area contributed by atoms with E-state index in [9.17, 15) is 9.59 Å². The van der Waals surface area contributed by atoms with Crippen LogP contribution in [-0.4, -0.2) is 48.0 Å². The van der Waals surface area contributed by atoms with Crippen molar-refractivity contribution in [2.45, 2.75) is 0 Å². The summed E-state index contributed by atoms with van der Waals surface area (Å²) in [6.45, 7) is 2.62. The minimum absolute atomic E-state index is 0.433. The number of nitrogens with two attached hydrogens (primary N) is 2. The molecule has 1 fully saturated rings. The van der Waals surface area contributed by atoms with E-state index < -0.39 is 11.8 Å². The summed E-state index contributed by atoms with van der Waals surface area (Å²) in [4.78, 5) is 22.1. The molecule has 0 spiro atoms. The fourth-order valence-corrected chi connectivity index (χ4v) is 2.48. The first kappa shape index (κ1) is 19.0. The lowest BCUT2D eigenvalue weighted by molar-refractivity contribution is 0.0992. The third-order valence-electron chi connectivity index (χ3n) is 4.11. The van der Waals surface area contributed by atoms with Crippen molar-refractivity contribution in [2.75, 3.05) is 26.2 Å². The number of rotatable bonds is 6. The summed E-state index contributed by atoms with van der Waals surface area (Å²) >= 11 is 0. The van der Waals surface area contributed by atoms with Crippen molar-refractivity contribution in [2.24, 2.45) is 32.1 Å². The number of benzene rings is 2. The van der Waals surface area contributed by atoms with Crippen LogP contribution in [0.2, 0.25) is 0 Å². The van der Waals surface area contributed by atoms with Crippen LogP contribution in [0.1, 0.15) is 20.7 Å². The Bertz CT molecular complexity index is 809. The van der Waals surface area contributed by atoms with Crippen molar-refractivity contribution in [3.63, 3.8) is 0 Å². The van der Waals surface area contributed by atoms with Crippen LogP contribution in [0.25, 0.3) is 0 Å². The molecular weight excluding hydrogens is 360 g/mol. The molecule has 2 aromatic rings. The number of hydrogen-bond acceptors (Lipinski definition) is 6. The normalized spacial score (nSPS) is 14.7. The lowest BCUT2D eigenvalue weighted by Gasteiger charge is -2.29. The zero-order chi connectivity index (χ0) is 19.9. The number of hydrogen-bond donors (Lipinski definition) is 2. The molecule has 0 unspecified atom stereocenters. The molecule has 0 radical (unpaired) electrons. The van der Waals surface area contributed by atoms with Crippen molar-refractivity contribution in [1.29, 1.82) is 0 Å². The van der Waals surface area contributed by atoms with Crippen LogP contribution < -0.4 is 11.5 Å². The Balaban J connectivity index is 1.48.